The average molecular weight is 345 g/mol. The minimum absolute atomic E-state index is 0.0922. The van der Waals surface area contributed by atoms with E-state index in [0.29, 0.717) is 19.0 Å². The van der Waals surface area contributed by atoms with Crippen molar-refractivity contribution in [1.29, 1.82) is 0 Å². The highest BCUT2D eigenvalue weighted by atomic mass is 35.5. The van der Waals surface area contributed by atoms with E-state index in [1.165, 1.54) is 22.5 Å². The highest BCUT2D eigenvalue weighted by Gasteiger charge is 2.34. The molecule has 122 valence electrons. The summed E-state index contributed by atoms with van der Waals surface area (Å²) in [5.41, 5.74) is 0.203. The zero-order valence-electron chi connectivity index (χ0n) is 13.0. The first-order valence-corrected chi connectivity index (χ1v) is 9.23. The lowest BCUT2D eigenvalue weighted by molar-refractivity contribution is 0.0949. The maximum Gasteiger partial charge on any atom is 0.253 e. The molecule has 0 spiro atoms. The van der Waals surface area contributed by atoms with Gasteiger partial charge in [-0.1, -0.05) is 32.4 Å². The summed E-state index contributed by atoms with van der Waals surface area (Å²) in [6, 6.07) is 4.42. The molecule has 0 bridgehead atoms. The maximum atomic E-state index is 12.5. The Kier molecular flexibility index (Phi) is 5.14. The van der Waals surface area contributed by atoms with Gasteiger partial charge in [-0.25, -0.2) is 8.42 Å². The monoisotopic (exact) mass is 344 g/mol. The molecule has 1 aromatic rings. The van der Waals surface area contributed by atoms with E-state index in [0.717, 1.165) is 6.42 Å². The summed E-state index contributed by atoms with van der Waals surface area (Å²) in [4.78, 5) is 12.3. The summed E-state index contributed by atoms with van der Waals surface area (Å²) in [6.45, 7) is 6.36. The Morgan fingerprint density at radius 3 is 2.45 bits per heavy atom. The van der Waals surface area contributed by atoms with Gasteiger partial charge in [0.05, 0.1) is 15.5 Å². The standard InChI is InChI=1S/C15H21ClN2O3S/c1-4-18(5-2)22(20,21)11-6-7-13(16)12(9-11)15(19)17-14-8-10(14)3/h6-7,9-10,14H,4-5,8H2,1-3H3,(H,17,19). The van der Waals surface area contributed by atoms with Gasteiger partial charge < -0.3 is 5.32 Å². The predicted octanol–water partition coefficient (Wildman–Crippen LogP) is 2.51. The zero-order valence-corrected chi connectivity index (χ0v) is 14.5. The Hall–Kier alpha value is -1.11. The van der Waals surface area contributed by atoms with E-state index in [1.807, 2.05) is 6.92 Å². The second kappa shape index (κ2) is 6.56. The lowest BCUT2D eigenvalue weighted by atomic mass is 10.2. The van der Waals surface area contributed by atoms with Crippen LogP contribution in [0.5, 0.6) is 0 Å². The molecule has 0 aliphatic heterocycles. The van der Waals surface area contributed by atoms with Gasteiger partial charge in [0.1, 0.15) is 0 Å². The first kappa shape index (κ1) is 17.2. The number of sulfonamides is 1. The number of rotatable bonds is 6. The van der Waals surface area contributed by atoms with Crippen LogP contribution in [0.15, 0.2) is 23.1 Å². The van der Waals surface area contributed by atoms with Crippen molar-refractivity contribution in [3.8, 4) is 0 Å². The number of amides is 1. The van der Waals surface area contributed by atoms with Crippen molar-refractivity contribution >= 4 is 27.5 Å². The van der Waals surface area contributed by atoms with Gasteiger partial charge in [-0.05, 0) is 30.5 Å². The fourth-order valence-electron chi connectivity index (χ4n) is 2.32. The number of hydrogen-bond acceptors (Lipinski definition) is 3. The molecule has 0 radical (unpaired) electrons. The normalized spacial score (nSPS) is 21.0. The van der Waals surface area contributed by atoms with E-state index in [1.54, 1.807) is 13.8 Å². The molecule has 0 saturated heterocycles. The molecule has 1 aromatic carbocycles. The summed E-state index contributed by atoms with van der Waals surface area (Å²) < 4.78 is 26.4. The van der Waals surface area contributed by atoms with Crippen LogP contribution in [0.2, 0.25) is 5.02 Å². The second-order valence-electron chi connectivity index (χ2n) is 5.52. The molecular formula is C15H21ClN2O3S. The molecule has 0 aromatic heterocycles. The summed E-state index contributed by atoms with van der Waals surface area (Å²) in [6.07, 6.45) is 0.945. The summed E-state index contributed by atoms with van der Waals surface area (Å²) in [5.74, 6) is 0.140. The van der Waals surface area contributed by atoms with Crippen LogP contribution in [-0.4, -0.2) is 37.8 Å². The molecule has 1 aliphatic rings. The summed E-state index contributed by atoms with van der Waals surface area (Å²) in [5, 5.41) is 3.12. The number of hydrogen-bond donors (Lipinski definition) is 1. The summed E-state index contributed by atoms with van der Waals surface area (Å²) in [7, 11) is -3.60. The van der Waals surface area contributed by atoms with Crippen LogP contribution in [0.3, 0.4) is 0 Å². The smallest absolute Gasteiger partial charge is 0.253 e. The molecule has 1 N–H and O–H groups in total. The third kappa shape index (κ3) is 3.45. The molecule has 7 heteroatoms. The van der Waals surface area contributed by atoms with Crippen molar-refractivity contribution in [2.75, 3.05) is 13.1 Å². The first-order chi connectivity index (χ1) is 10.3. The van der Waals surface area contributed by atoms with Crippen LogP contribution in [0.25, 0.3) is 0 Å². The van der Waals surface area contributed by atoms with Gasteiger partial charge in [-0.2, -0.15) is 4.31 Å². The van der Waals surface area contributed by atoms with Crippen LogP contribution in [0, 0.1) is 5.92 Å². The van der Waals surface area contributed by atoms with Crippen molar-refractivity contribution < 1.29 is 13.2 Å². The van der Waals surface area contributed by atoms with Crippen molar-refractivity contribution in [3.63, 3.8) is 0 Å². The fraction of sp³-hybridized carbons (Fsp3) is 0.533. The molecule has 5 nitrogen and oxygen atoms in total. The van der Waals surface area contributed by atoms with Gasteiger partial charge in [0.25, 0.3) is 5.91 Å². The maximum absolute atomic E-state index is 12.5. The number of benzene rings is 1. The average Bonchev–Trinajstić information content (AvgIpc) is 3.15. The number of carbonyl (C=O) groups is 1. The van der Waals surface area contributed by atoms with Gasteiger partial charge in [0.2, 0.25) is 10.0 Å². The number of nitrogens with zero attached hydrogens (tertiary/aromatic N) is 1. The lowest BCUT2D eigenvalue weighted by Gasteiger charge is -2.19. The van der Waals surface area contributed by atoms with Gasteiger partial charge in [-0.15, -0.1) is 0 Å². The van der Waals surface area contributed by atoms with E-state index in [9.17, 15) is 13.2 Å². The Morgan fingerprint density at radius 1 is 1.36 bits per heavy atom. The first-order valence-electron chi connectivity index (χ1n) is 7.41. The van der Waals surface area contributed by atoms with Crippen molar-refractivity contribution in [2.24, 2.45) is 5.92 Å². The zero-order chi connectivity index (χ0) is 16.5. The molecule has 2 atom stereocenters. The second-order valence-corrected chi connectivity index (χ2v) is 7.87. The SMILES string of the molecule is CCN(CC)S(=O)(=O)c1ccc(Cl)c(C(=O)NC2CC2C)c1. The molecule has 2 unspecified atom stereocenters. The van der Waals surface area contributed by atoms with E-state index in [-0.39, 0.29) is 27.4 Å². The highest BCUT2D eigenvalue weighted by Crippen LogP contribution is 2.30. The molecule has 1 amide bonds. The van der Waals surface area contributed by atoms with Crippen LogP contribution in [0.4, 0.5) is 0 Å². The minimum atomic E-state index is -3.60. The van der Waals surface area contributed by atoms with Gasteiger partial charge in [0.15, 0.2) is 0 Å². The van der Waals surface area contributed by atoms with E-state index in [2.05, 4.69) is 5.32 Å². The van der Waals surface area contributed by atoms with E-state index < -0.39 is 10.0 Å². The van der Waals surface area contributed by atoms with Crippen LogP contribution in [0.1, 0.15) is 37.6 Å². The summed E-state index contributed by atoms with van der Waals surface area (Å²) >= 11 is 6.06. The minimum Gasteiger partial charge on any atom is -0.349 e. The molecule has 22 heavy (non-hydrogen) atoms. The van der Waals surface area contributed by atoms with Crippen LogP contribution >= 0.6 is 11.6 Å². The van der Waals surface area contributed by atoms with Crippen LogP contribution < -0.4 is 5.32 Å². The van der Waals surface area contributed by atoms with E-state index >= 15 is 0 Å². The Bertz CT molecular complexity index is 671. The lowest BCUT2D eigenvalue weighted by Crippen LogP contribution is -2.31. The van der Waals surface area contributed by atoms with Gasteiger partial charge >= 0.3 is 0 Å². The highest BCUT2D eigenvalue weighted by molar-refractivity contribution is 7.89. The van der Waals surface area contributed by atoms with Crippen molar-refractivity contribution in [3.05, 3.63) is 28.8 Å². The number of nitrogens with one attached hydrogen (secondary N) is 1. The van der Waals surface area contributed by atoms with E-state index in [4.69, 9.17) is 11.6 Å². The number of halogens is 1. The van der Waals surface area contributed by atoms with Crippen molar-refractivity contribution in [2.45, 2.75) is 38.1 Å². The number of carbonyl (C=O) groups excluding carboxylic acids is 1. The molecule has 1 aliphatic carbocycles. The topological polar surface area (TPSA) is 66.5 Å². The molecule has 1 fully saturated rings. The Morgan fingerprint density at radius 2 is 1.95 bits per heavy atom. The quantitative estimate of drug-likeness (QED) is 0.862. The molecule has 2 rings (SSSR count). The predicted molar refractivity (Wildman–Crippen MR) is 86.6 cm³/mol. The third-order valence-electron chi connectivity index (χ3n) is 3.95. The van der Waals surface area contributed by atoms with Gasteiger partial charge in [-0.3, -0.25) is 4.79 Å². The molecule has 1 saturated carbocycles. The largest absolute Gasteiger partial charge is 0.349 e. The van der Waals surface area contributed by atoms with Crippen LogP contribution in [-0.2, 0) is 10.0 Å². The fourth-order valence-corrected chi connectivity index (χ4v) is 4.01. The Labute approximate surface area is 136 Å². The van der Waals surface area contributed by atoms with Gasteiger partial charge in [0, 0.05) is 19.1 Å². The third-order valence-corrected chi connectivity index (χ3v) is 6.33. The molecular weight excluding hydrogens is 324 g/mol. The molecule has 0 heterocycles. The van der Waals surface area contributed by atoms with Crippen molar-refractivity contribution in [1.82, 2.24) is 9.62 Å². The Balaban J connectivity index is 2.32.